The van der Waals surface area contributed by atoms with Gasteiger partial charge in [0, 0.05) is 13.5 Å². The van der Waals surface area contributed by atoms with Crippen molar-refractivity contribution in [2.45, 2.75) is 20.0 Å². The van der Waals surface area contributed by atoms with Crippen LogP contribution in [0.2, 0.25) is 0 Å². The smallest absolute Gasteiger partial charge is 0.243 e. The summed E-state index contributed by atoms with van der Waals surface area (Å²) < 4.78 is 11.3. The lowest BCUT2D eigenvalue weighted by Gasteiger charge is -2.13. The van der Waals surface area contributed by atoms with Crippen LogP contribution >= 0.6 is 0 Å². The number of carbonyl (C=O) groups is 1. The monoisotopic (exact) mass is 355 g/mol. The lowest BCUT2D eigenvalue weighted by atomic mass is 10.2. The van der Waals surface area contributed by atoms with E-state index < -0.39 is 5.91 Å². The molecule has 1 heterocycles. The van der Waals surface area contributed by atoms with E-state index >= 15 is 0 Å². The summed E-state index contributed by atoms with van der Waals surface area (Å²) in [7, 11) is 0. The Bertz CT molecular complexity index is 828. The Morgan fingerprint density at radius 3 is 2.73 bits per heavy atom. The first kappa shape index (κ1) is 17.9. The van der Waals surface area contributed by atoms with Gasteiger partial charge in [-0.2, -0.15) is 0 Å². The maximum absolute atomic E-state index is 11.0. The van der Waals surface area contributed by atoms with Crippen molar-refractivity contribution in [1.29, 1.82) is 0 Å². The molecule has 0 spiro atoms. The molecule has 26 heavy (non-hydrogen) atoms. The summed E-state index contributed by atoms with van der Waals surface area (Å²) in [6.07, 6.45) is 0. The van der Waals surface area contributed by atoms with Gasteiger partial charge in [0.1, 0.15) is 17.9 Å². The Balaban J connectivity index is 1.38. The molecule has 7 nitrogen and oxygen atoms in total. The minimum atomic E-state index is -0.393. The zero-order valence-corrected chi connectivity index (χ0v) is 14.5. The van der Waals surface area contributed by atoms with Gasteiger partial charge in [-0.1, -0.05) is 24.3 Å². The van der Waals surface area contributed by atoms with E-state index in [-0.39, 0.29) is 6.54 Å². The second kappa shape index (κ2) is 8.46. The van der Waals surface area contributed by atoms with E-state index in [2.05, 4.69) is 10.3 Å². The van der Waals surface area contributed by atoms with Crippen LogP contribution < -0.4 is 10.1 Å². The zero-order chi connectivity index (χ0) is 18.4. The Morgan fingerprint density at radius 2 is 2.00 bits per heavy atom. The molecule has 0 fully saturated rings. The predicted molar refractivity (Wildman–Crippen MR) is 95.7 cm³/mol. The number of nitrogens with zero attached hydrogens (tertiary/aromatic N) is 2. The van der Waals surface area contributed by atoms with Crippen molar-refractivity contribution in [2.24, 2.45) is 0 Å². The van der Waals surface area contributed by atoms with E-state index in [9.17, 15) is 10.0 Å². The highest BCUT2D eigenvalue weighted by atomic mass is 16.5. The van der Waals surface area contributed by atoms with Gasteiger partial charge in [-0.25, -0.2) is 10.0 Å². The zero-order valence-electron chi connectivity index (χ0n) is 14.5. The number of para-hydroxylation sites is 2. The van der Waals surface area contributed by atoms with Gasteiger partial charge in [0.25, 0.3) is 0 Å². The number of fused-ring (bicyclic) bond motifs is 1. The van der Waals surface area contributed by atoms with Gasteiger partial charge in [-0.05, 0) is 29.8 Å². The van der Waals surface area contributed by atoms with E-state index in [1.54, 1.807) is 0 Å². The fourth-order valence-electron chi connectivity index (χ4n) is 2.41. The van der Waals surface area contributed by atoms with Crippen LogP contribution in [-0.4, -0.2) is 34.3 Å². The highest BCUT2D eigenvalue weighted by Crippen LogP contribution is 2.15. The van der Waals surface area contributed by atoms with E-state index in [1.165, 1.54) is 6.92 Å². The van der Waals surface area contributed by atoms with Crippen LogP contribution in [0.15, 0.2) is 52.9 Å². The molecule has 2 aromatic carbocycles. The molecule has 7 heteroatoms. The van der Waals surface area contributed by atoms with Crippen molar-refractivity contribution >= 4 is 17.0 Å². The summed E-state index contributed by atoms with van der Waals surface area (Å²) in [5, 5.41) is 13.3. The number of oxazole rings is 1. The minimum Gasteiger partial charge on any atom is -0.492 e. The van der Waals surface area contributed by atoms with Crippen molar-refractivity contribution in [1.82, 2.24) is 15.4 Å². The van der Waals surface area contributed by atoms with Crippen LogP contribution in [-0.2, 0) is 17.9 Å². The Hall–Kier alpha value is -2.90. The van der Waals surface area contributed by atoms with Crippen LogP contribution in [0.5, 0.6) is 5.75 Å². The average Bonchev–Trinajstić information content (AvgIpc) is 3.05. The van der Waals surface area contributed by atoms with E-state index in [1.807, 2.05) is 48.5 Å². The van der Waals surface area contributed by atoms with Crippen LogP contribution in [0.4, 0.5) is 0 Å². The molecule has 0 saturated heterocycles. The molecule has 0 atom stereocenters. The van der Waals surface area contributed by atoms with Crippen molar-refractivity contribution in [3.8, 4) is 5.75 Å². The number of rotatable bonds is 8. The minimum absolute atomic E-state index is 0.154. The highest BCUT2D eigenvalue weighted by molar-refractivity contribution is 5.72. The number of hydrogen-bond donors (Lipinski definition) is 2. The van der Waals surface area contributed by atoms with Gasteiger partial charge in [0.2, 0.25) is 11.8 Å². The van der Waals surface area contributed by atoms with Gasteiger partial charge in [-0.15, -0.1) is 0 Å². The average molecular weight is 355 g/mol. The number of carbonyl (C=O) groups excluding carboxylic acids is 1. The first-order valence-electron chi connectivity index (χ1n) is 8.36. The van der Waals surface area contributed by atoms with Crippen molar-refractivity contribution in [2.75, 3.05) is 13.2 Å². The maximum atomic E-state index is 11.0. The third-order valence-electron chi connectivity index (χ3n) is 3.78. The molecule has 0 aliphatic carbocycles. The molecule has 0 radical (unpaired) electrons. The third-order valence-corrected chi connectivity index (χ3v) is 3.78. The van der Waals surface area contributed by atoms with Crippen molar-refractivity contribution < 1.29 is 19.2 Å². The van der Waals surface area contributed by atoms with E-state index in [0.29, 0.717) is 30.7 Å². The van der Waals surface area contributed by atoms with E-state index in [0.717, 1.165) is 22.4 Å². The molecule has 3 rings (SSSR count). The topological polar surface area (TPSA) is 87.8 Å². The molecule has 0 bridgehead atoms. The fraction of sp³-hybridized carbons (Fsp3) is 0.263. The molecule has 136 valence electrons. The third kappa shape index (κ3) is 4.81. The highest BCUT2D eigenvalue weighted by Gasteiger charge is 2.06. The summed E-state index contributed by atoms with van der Waals surface area (Å²) in [6, 6.07) is 14.9. The second-order valence-electron chi connectivity index (χ2n) is 5.82. The molecule has 1 amide bonds. The predicted octanol–water partition coefficient (Wildman–Crippen LogP) is 2.73. The van der Waals surface area contributed by atoms with Gasteiger partial charge < -0.3 is 14.5 Å². The lowest BCUT2D eigenvalue weighted by molar-refractivity contribution is -0.165. The number of amides is 1. The summed E-state index contributed by atoms with van der Waals surface area (Å²) in [6.45, 7) is 3.15. The Kier molecular flexibility index (Phi) is 5.83. The number of ether oxygens (including phenoxy) is 1. The summed E-state index contributed by atoms with van der Waals surface area (Å²) in [5.74, 6) is 0.981. The standard InChI is InChI=1S/C19H21N3O4/c1-14(23)22(24)13-15-6-8-16(9-7-15)25-11-10-20-12-19-21-17-4-2-3-5-18(17)26-19/h2-9,20,24H,10-13H2,1H3. The molecule has 1 aromatic heterocycles. The summed E-state index contributed by atoms with van der Waals surface area (Å²) in [5.41, 5.74) is 2.46. The second-order valence-corrected chi connectivity index (χ2v) is 5.82. The molecule has 0 unspecified atom stereocenters. The Labute approximate surface area is 151 Å². The molecular formula is C19H21N3O4. The van der Waals surface area contributed by atoms with E-state index in [4.69, 9.17) is 9.15 Å². The van der Waals surface area contributed by atoms with Gasteiger partial charge in [0.05, 0.1) is 13.1 Å². The largest absolute Gasteiger partial charge is 0.492 e. The molecule has 2 N–H and O–H groups in total. The lowest BCUT2D eigenvalue weighted by Crippen LogP contribution is -2.23. The maximum Gasteiger partial charge on any atom is 0.243 e. The molecular weight excluding hydrogens is 334 g/mol. The van der Waals surface area contributed by atoms with Gasteiger partial charge in [-0.3, -0.25) is 10.0 Å². The number of hydrogen-bond acceptors (Lipinski definition) is 6. The molecule has 0 aliphatic heterocycles. The SMILES string of the molecule is CC(=O)N(O)Cc1ccc(OCCNCc2nc3ccccc3o2)cc1. The number of benzene rings is 2. The van der Waals surface area contributed by atoms with Crippen LogP contribution in [0, 0.1) is 0 Å². The van der Waals surface area contributed by atoms with Gasteiger partial charge in [0.15, 0.2) is 5.58 Å². The van der Waals surface area contributed by atoms with Crippen LogP contribution in [0.1, 0.15) is 18.4 Å². The molecule has 0 aliphatic rings. The number of hydroxylamine groups is 2. The fourth-order valence-corrected chi connectivity index (χ4v) is 2.41. The van der Waals surface area contributed by atoms with Crippen molar-refractivity contribution in [3.63, 3.8) is 0 Å². The Morgan fingerprint density at radius 1 is 1.23 bits per heavy atom. The normalized spacial score (nSPS) is 10.8. The van der Waals surface area contributed by atoms with Gasteiger partial charge >= 0.3 is 0 Å². The first-order chi connectivity index (χ1) is 12.6. The molecule has 3 aromatic rings. The van der Waals surface area contributed by atoms with Crippen LogP contribution in [0.3, 0.4) is 0 Å². The summed E-state index contributed by atoms with van der Waals surface area (Å²) in [4.78, 5) is 15.4. The number of aromatic nitrogens is 1. The summed E-state index contributed by atoms with van der Waals surface area (Å²) >= 11 is 0. The first-order valence-corrected chi connectivity index (χ1v) is 8.36. The van der Waals surface area contributed by atoms with Crippen LogP contribution in [0.25, 0.3) is 11.1 Å². The quantitative estimate of drug-likeness (QED) is 0.367. The van der Waals surface area contributed by atoms with Crippen molar-refractivity contribution in [3.05, 3.63) is 60.0 Å². The number of nitrogens with one attached hydrogen (secondary N) is 1. The molecule has 0 saturated carbocycles.